The number of nitrogens with two attached hydrogens (primary N) is 1. The van der Waals surface area contributed by atoms with Crippen LogP contribution in [-0.2, 0) is 6.42 Å². The fourth-order valence-electron chi connectivity index (χ4n) is 3.63. The van der Waals surface area contributed by atoms with Crippen molar-refractivity contribution in [3.8, 4) is 0 Å². The van der Waals surface area contributed by atoms with E-state index in [1.165, 1.54) is 38.5 Å². The minimum atomic E-state index is 0.412. The van der Waals surface area contributed by atoms with Crippen LogP contribution in [0.4, 0.5) is 0 Å². The average Bonchev–Trinajstić information content (AvgIpc) is 2.31. The molecule has 0 saturated heterocycles. The topological polar surface area (TPSA) is 26.0 Å². The molecule has 0 aromatic heterocycles. The molecule has 2 bridgehead atoms. The van der Waals surface area contributed by atoms with Gasteiger partial charge in [0.15, 0.2) is 0 Å². The molecule has 0 spiro atoms. The zero-order chi connectivity index (χ0) is 11.0. The van der Waals surface area contributed by atoms with Crippen molar-refractivity contribution in [1.82, 2.24) is 0 Å². The Morgan fingerprint density at radius 2 is 1.81 bits per heavy atom. The molecule has 16 heavy (non-hydrogen) atoms. The molecular weight excluding hydrogens is 194 g/mol. The molecule has 1 nitrogen and oxygen atoms in total. The molecule has 1 aromatic rings. The molecule has 2 aliphatic carbocycles. The standard InChI is InChI=1S/C15H21N/c16-15-12-7-2-1-3-9-14(15)13-8-5-4-6-11(13)10-12/h4-6,8,12,14-15H,1-3,7,9-10,16H2. The normalized spacial score (nSPS) is 33.7. The largest absolute Gasteiger partial charge is 0.327 e. The van der Waals surface area contributed by atoms with Gasteiger partial charge in [0.05, 0.1) is 0 Å². The first-order valence-electron chi connectivity index (χ1n) is 6.69. The zero-order valence-corrected chi connectivity index (χ0v) is 9.86. The van der Waals surface area contributed by atoms with Crippen LogP contribution >= 0.6 is 0 Å². The van der Waals surface area contributed by atoms with E-state index in [0.29, 0.717) is 12.0 Å². The van der Waals surface area contributed by atoms with Crippen LogP contribution in [0.5, 0.6) is 0 Å². The first-order valence-corrected chi connectivity index (χ1v) is 6.69. The van der Waals surface area contributed by atoms with Crippen molar-refractivity contribution < 1.29 is 0 Å². The fraction of sp³-hybridized carbons (Fsp3) is 0.600. The van der Waals surface area contributed by atoms with Crippen LogP contribution in [0.3, 0.4) is 0 Å². The Kier molecular flexibility index (Phi) is 2.72. The lowest BCUT2D eigenvalue weighted by Gasteiger charge is -2.39. The quantitative estimate of drug-likeness (QED) is 0.706. The van der Waals surface area contributed by atoms with E-state index in [4.69, 9.17) is 5.73 Å². The Hall–Kier alpha value is -0.820. The van der Waals surface area contributed by atoms with Crippen LogP contribution in [-0.4, -0.2) is 6.04 Å². The van der Waals surface area contributed by atoms with Gasteiger partial charge >= 0.3 is 0 Å². The SMILES string of the molecule is NC1C2CCCCCC1c1ccccc1C2. The maximum atomic E-state index is 6.47. The average molecular weight is 215 g/mol. The molecule has 3 atom stereocenters. The van der Waals surface area contributed by atoms with E-state index < -0.39 is 0 Å². The number of hydrogen-bond acceptors (Lipinski definition) is 1. The van der Waals surface area contributed by atoms with Gasteiger partial charge in [0, 0.05) is 6.04 Å². The van der Waals surface area contributed by atoms with Gasteiger partial charge in [-0.15, -0.1) is 0 Å². The number of benzene rings is 1. The summed E-state index contributed by atoms with van der Waals surface area (Å²) in [7, 11) is 0. The molecule has 3 unspecified atom stereocenters. The predicted octanol–water partition coefficient (Wildman–Crippen LogP) is 3.23. The lowest BCUT2D eigenvalue weighted by molar-refractivity contribution is 0.278. The third-order valence-electron chi connectivity index (χ3n) is 4.54. The van der Waals surface area contributed by atoms with Gasteiger partial charge in [-0.3, -0.25) is 0 Å². The molecule has 0 radical (unpaired) electrons. The van der Waals surface area contributed by atoms with Crippen molar-refractivity contribution in [3.63, 3.8) is 0 Å². The third kappa shape index (κ3) is 1.67. The summed E-state index contributed by atoms with van der Waals surface area (Å²) >= 11 is 0. The van der Waals surface area contributed by atoms with Crippen LogP contribution in [0, 0.1) is 5.92 Å². The summed E-state index contributed by atoms with van der Waals surface area (Å²) < 4.78 is 0. The van der Waals surface area contributed by atoms with E-state index in [-0.39, 0.29) is 0 Å². The Labute approximate surface area is 98.0 Å². The Bertz CT molecular complexity index is 371. The highest BCUT2D eigenvalue weighted by Crippen LogP contribution is 2.40. The molecule has 0 heterocycles. The molecule has 1 saturated carbocycles. The van der Waals surface area contributed by atoms with Crippen molar-refractivity contribution in [1.29, 1.82) is 0 Å². The van der Waals surface area contributed by atoms with Crippen LogP contribution in [0.2, 0.25) is 0 Å². The van der Waals surface area contributed by atoms with E-state index >= 15 is 0 Å². The molecule has 1 heteroatoms. The molecular formula is C15H21N. The molecule has 0 aliphatic heterocycles. The van der Waals surface area contributed by atoms with Crippen molar-refractivity contribution >= 4 is 0 Å². The molecule has 86 valence electrons. The van der Waals surface area contributed by atoms with Gasteiger partial charge < -0.3 is 5.73 Å². The third-order valence-corrected chi connectivity index (χ3v) is 4.54. The van der Waals surface area contributed by atoms with E-state index in [1.807, 2.05) is 0 Å². The zero-order valence-electron chi connectivity index (χ0n) is 9.86. The fourth-order valence-corrected chi connectivity index (χ4v) is 3.63. The maximum Gasteiger partial charge on any atom is 0.0140 e. The van der Waals surface area contributed by atoms with E-state index in [0.717, 1.165) is 5.92 Å². The number of fused-ring (bicyclic) bond motifs is 4. The summed E-state index contributed by atoms with van der Waals surface area (Å²) in [5, 5.41) is 0. The van der Waals surface area contributed by atoms with E-state index in [1.54, 1.807) is 11.1 Å². The highest BCUT2D eigenvalue weighted by atomic mass is 14.7. The molecule has 2 N–H and O–H groups in total. The van der Waals surface area contributed by atoms with Crippen LogP contribution in [0.1, 0.15) is 49.1 Å². The Morgan fingerprint density at radius 3 is 2.75 bits per heavy atom. The molecule has 3 rings (SSSR count). The maximum absolute atomic E-state index is 6.47. The first kappa shape index (κ1) is 10.3. The Morgan fingerprint density at radius 1 is 1.00 bits per heavy atom. The van der Waals surface area contributed by atoms with Crippen molar-refractivity contribution in [2.75, 3.05) is 0 Å². The predicted molar refractivity (Wildman–Crippen MR) is 67.4 cm³/mol. The molecule has 2 aliphatic rings. The monoisotopic (exact) mass is 215 g/mol. The van der Waals surface area contributed by atoms with Crippen LogP contribution in [0.15, 0.2) is 24.3 Å². The van der Waals surface area contributed by atoms with Crippen LogP contribution in [0.25, 0.3) is 0 Å². The van der Waals surface area contributed by atoms with Crippen molar-refractivity contribution in [2.45, 2.75) is 50.5 Å². The van der Waals surface area contributed by atoms with Gasteiger partial charge in [-0.2, -0.15) is 0 Å². The summed E-state index contributed by atoms with van der Waals surface area (Å²) in [5.41, 5.74) is 9.59. The van der Waals surface area contributed by atoms with Crippen molar-refractivity contribution in [3.05, 3.63) is 35.4 Å². The van der Waals surface area contributed by atoms with Gasteiger partial charge in [-0.05, 0) is 42.2 Å². The minimum Gasteiger partial charge on any atom is -0.327 e. The minimum absolute atomic E-state index is 0.412. The second kappa shape index (κ2) is 4.21. The number of rotatable bonds is 0. The van der Waals surface area contributed by atoms with Gasteiger partial charge in [0.1, 0.15) is 0 Å². The van der Waals surface area contributed by atoms with Crippen molar-refractivity contribution in [2.24, 2.45) is 11.7 Å². The highest BCUT2D eigenvalue weighted by Gasteiger charge is 2.34. The smallest absolute Gasteiger partial charge is 0.0140 e. The second-order valence-electron chi connectivity index (χ2n) is 5.48. The second-order valence-corrected chi connectivity index (χ2v) is 5.48. The molecule has 0 amide bonds. The summed E-state index contributed by atoms with van der Waals surface area (Å²) in [6.07, 6.45) is 8.00. The first-order chi connectivity index (χ1) is 7.86. The van der Waals surface area contributed by atoms with E-state index in [9.17, 15) is 0 Å². The van der Waals surface area contributed by atoms with Crippen LogP contribution < -0.4 is 5.73 Å². The number of hydrogen-bond donors (Lipinski definition) is 1. The summed E-state index contributed by atoms with van der Waals surface area (Å²) in [4.78, 5) is 0. The van der Waals surface area contributed by atoms with Gasteiger partial charge in [0.25, 0.3) is 0 Å². The highest BCUT2D eigenvalue weighted by molar-refractivity contribution is 5.35. The lowest BCUT2D eigenvalue weighted by Crippen LogP contribution is -2.42. The van der Waals surface area contributed by atoms with Gasteiger partial charge in [0.2, 0.25) is 0 Å². The summed E-state index contributed by atoms with van der Waals surface area (Å²) in [5.74, 6) is 1.37. The summed E-state index contributed by atoms with van der Waals surface area (Å²) in [6, 6.07) is 9.37. The molecule has 1 fully saturated rings. The van der Waals surface area contributed by atoms with E-state index in [2.05, 4.69) is 24.3 Å². The lowest BCUT2D eigenvalue weighted by atomic mass is 9.69. The van der Waals surface area contributed by atoms with Gasteiger partial charge in [-0.25, -0.2) is 0 Å². The Balaban J connectivity index is 2.00. The van der Waals surface area contributed by atoms with Gasteiger partial charge in [-0.1, -0.05) is 43.5 Å². The molecule has 1 aromatic carbocycles. The summed E-state index contributed by atoms with van der Waals surface area (Å²) in [6.45, 7) is 0.